The summed E-state index contributed by atoms with van der Waals surface area (Å²) in [4.78, 5) is 57.4. The zero-order chi connectivity index (χ0) is 108. The molecule has 3 amide bonds. The maximum Gasteiger partial charge on any atom is 0.269 e. The standard InChI is InChI=1S/C38H40ClN5O7.C36H42N4O7.C35H35F5N4O7/c1-17-34(48-4)21-14-26-31-30-22(35(49-5)18(2)37(51-7)33(30)46)13-25(43(31)3)27(15-40)44(26)28(29(21)32(45)36(17)50-6)16-41-38(47)24-10-8-19-12-20(39)9-11-23(19)42-24;1-17-18(2)34(46-7)32(42)29-22(17)13-24-26(15-37)40-25(30(29)39(24)4)14-23-28(31(41)35(47-8)19(3)33(23)45-6)27(40)16-38-36(43)20-10-9-11-21(12-20)44-5;1-12-31(48-4)14-9-17-28-21-15(32(49-5)13(2)34(51-7)30(21)46)8-16(43(28)3)18(10-41)44(17)19(20(14)29(45)33(12)50-6)11-42-35(47)22-23(36)25(38)27(40)26(39)24(22)37/h8-12,25-28,31,45-46H,13-14,16H2,1-7H3,(H,41,47);9-12,24-27,30,41-42H,13-14,16H2,1-8H3,(H,38,43);16-19,28,45-46H,8-9,11H2,1-7H3,(H,42,47)/t25-,26-,27-,28-,31-;24-,25-,26-,27-,30-;16-,17-,18-,19-,28-/m000/s1. The minimum atomic E-state index is -2.42. The molecule has 10 heterocycles. The average Bonchev–Trinajstić information content (AvgIpc) is 0.701. The molecule has 0 spiro atoms. The summed E-state index contributed by atoms with van der Waals surface area (Å²) >= 11 is 6.16. The molecule has 10 aromatic rings. The second-order valence-corrected chi connectivity index (χ2v) is 39.0. The van der Waals surface area contributed by atoms with Gasteiger partial charge in [-0.05, 0) is 167 Å². The molecule has 19 rings (SSSR count). The van der Waals surface area contributed by atoms with E-state index < -0.39 is 119 Å². The number of halogens is 6. The Bertz CT molecular complexity index is 7280. The van der Waals surface area contributed by atoms with Gasteiger partial charge in [0.25, 0.3) is 17.7 Å². The number of likely N-dealkylation sites (N-methyl/N-ethyl adjacent to an activating group) is 3. The lowest BCUT2D eigenvalue weighted by Gasteiger charge is -2.60. The van der Waals surface area contributed by atoms with Crippen molar-refractivity contribution in [3.8, 4) is 122 Å². The number of pyridine rings is 1. The van der Waals surface area contributed by atoms with Crippen molar-refractivity contribution in [2.75, 3.05) is 126 Å². The van der Waals surface area contributed by atoms with E-state index in [1.807, 2.05) is 60.7 Å². The summed E-state index contributed by atoms with van der Waals surface area (Å²) < 4.78 is 140. The van der Waals surface area contributed by atoms with Gasteiger partial charge in [0, 0.05) is 161 Å². The second kappa shape index (κ2) is 41.1. The number of hydrogen-bond acceptors (Lipinski definition) is 31. The van der Waals surface area contributed by atoms with Crippen LogP contribution in [-0.2, 0) is 38.5 Å². The molecule has 0 aliphatic carbocycles. The van der Waals surface area contributed by atoms with Gasteiger partial charge < -0.3 is 103 Å². The predicted octanol–water partition coefficient (Wildman–Crippen LogP) is 14.1. The van der Waals surface area contributed by atoms with E-state index in [1.165, 1.54) is 49.8 Å². The molecule has 0 saturated carbocycles. The Morgan fingerprint density at radius 1 is 0.362 bits per heavy atom. The summed E-state index contributed by atoms with van der Waals surface area (Å²) in [5.41, 5.74) is 12.0. The van der Waals surface area contributed by atoms with Crippen LogP contribution in [0.15, 0.2) is 54.6 Å². The number of nitriles is 3. The molecule has 1 aromatic heterocycles. The molecular weight excluding hydrogens is 1960 g/mol. The Labute approximate surface area is 862 Å². The maximum absolute atomic E-state index is 14.7. The van der Waals surface area contributed by atoms with E-state index in [1.54, 1.807) is 109 Å². The Morgan fingerprint density at radius 3 is 1.01 bits per heavy atom. The van der Waals surface area contributed by atoms with Gasteiger partial charge in [-0.25, -0.2) is 26.9 Å². The van der Waals surface area contributed by atoms with Crippen molar-refractivity contribution in [3.63, 3.8) is 0 Å². The number of rotatable bonds is 21. The van der Waals surface area contributed by atoms with Crippen LogP contribution < -0.4 is 72.8 Å². The van der Waals surface area contributed by atoms with Crippen LogP contribution in [0.1, 0.15) is 173 Å². The molecule has 34 nitrogen and oxygen atoms in total. The van der Waals surface area contributed by atoms with Crippen LogP contribution >= 0.6 is 11.6 Å². The quantitative estimate of drug-likeness (QED) is 0.0183. The highest BCUT2D eigenvalue weighted by Crippen LogP contribution is 2.65. The van der Waals surface area contributed by atoms with Crippen molar-refractivity contribution >= 4 is 40.2 Å². The first-order valence-electron chi connectivity index (χ1n) is 48.2. The molecule has 15 atom stereocenters. The zero-order valence-electron chi connectivity index (χ0n) is 86.3. The molecule has 786 valence electrons. The van der Waals surface area contributed by atoms with Crippen LogP contribution in [0.3, 0.4) is 0 Å². The SMILES string of the molecule is COc1c(C)c(OC)c2c(c1O)[C@@H]1[C@@H]3Cc4c(OC)c(C)c(OC)c(O)c4[C@H](CNC(=O)c4c(F)c(F)c(F)c(F)c4F)N3[C@@H](C#N)[C@H](C2)N1C.COc1c(C)c(OC)c2c(c1O)[C@@H]1[C@@H]3Cc4c(OC)c(C)c(OC)c(O)c4[C@H](CNC(=O)c4ccc5cc(Cl)ccc5n4)N3[C@@H](C#N)[C@H](C2)N1C.COc1cccc(C(=O)NC[C@H]2c3c(O)c(OC)c(C)c(OC)c3C[C@H]3[C@H]4c5c(O)c(OC)c(C)c(C)c5C[C@@H]([C@H](C#N)N23)N4C)c1. The molecular formula is C109H117ClF5N13O21. The van der Waals surface area contributed by atoms with Crippen molar-refractivity contribution in [1.29, 1.82) is 15.8 Å². The Hall–Kier alpha value is -14.6. The number of nitrogens with zero attached hydrogens (tertiary/aromatic N) is 10. The number of phenolic OH excluding ortho intramolecular Hbond substituents is 6. The van der Waals surface area contributed by atoms with Crippen LogP contribution in [-0.4, -0.2) is 263 Å². The topological polar surface area (TPSA) is 423 Å². The number of benzene rings is 9. The number of hydrogen-bond donors (Lipinski definition) is 9. The molecule has 9 aliphatic rings. The minimum Gasteiger partial charge on any atom is -0.504 e. The number of amides is 3. The summed E-state index contributed by atoms with van der Waals surface area (Å²) in [5.74, 6) is -9.88. The maximum atomic E-state index is 14.7. The molecule has 9 N–H and O–H groups in total. The van der Waals surface area contributed by atoms with Gasteiger partial charge in [0.05, 0.1) is 145 Å². The van der Waals surface area contributed by atoms with Crippen molar-refractivity contribution in [1.82, 2.24) is 50.3 Å². The summed E-state index contributed by atoms with van der Waals surface area (Å²) in [6.45, 7) is 12.4. The van der Waals surface area contributed by atoms with Crippen LogP contribution in [0.25, 0.3) is 10.9 Å². The lowest BCUT2D eigenvalue weighted by Crippen LogP contribution is -2.68. The number of methoxy groups -OCH3 is 12. The number of carbonyl (C=O) groups excluding carboxylic acids is 3. The largest absolute Gasteiger partial charge is 0.504 e. The number of aromatic hydroxyl groups is 6. The first-order valence-corrected chi connectivity index (χ1v) is 48.6. The molecule has 9 aliphatic heterocycles. The van der Waals surface area contributed by atoms with Gasteiger partial charge in [-0.15, -0.1) is 0 Å². The van der Waals surface area contributed by atoms with Crippen molar-refractivity contribution in [3.05, 3.63) is 211 Å². The number of carbonyl (C=O) groups is 3. The first kappa shape index (κ1) is 106. The normalized spacial score (nSPS) is 22.5. The van der Waals surface area contributed by atoms with Crippen LogP contribution in [0.5, 0.6) is 103 Å². The van der Waals surface area contributed by atoms with E-state index in [0.717, 1.165) is 44.3 Å². The van der Waals surface area contributed by atoms with E-state index in [0.29, 0.717) is 149 Å². The molecule has 0 unspecified atom stereocenters. The van der Waals surface area contributed by atoms with Gasteiger partial charge in [-0.3, -0.25) is 43.8 Å². The Kier molecular flexibility index (Phi) is 29.2. The van der Waals surface area contributed by atoms with Crippen molar-refractivity contribution in [2.24, 2.45) is 0 Å². The number of aromatic nitrogens is 1. The van der Waals surface area contributed by atoms with Crippen LogP contribution in [0.2, 0.25) is 5.02 Å². The minimum absolute atomic E-state index is 0.0202. The highest BCUT2D eigenvalue weighted by atomic mass is 35.5. The lowest BCUT2D eigenvalue weighted by molar-refractivity contribution is -0.0724. The van der Waals surface area contributed by atoms with Crippen molar-refractivity contribution < 1.29 is 124 Å². The van der Waals surface area contributed by atoms with Gasteiger partial charge >= 0.3 is 0 Å². The van der Waals surface area contributed by atoms with Crippen LogP contribution in [0, 0.1) is 112 Å². The predicted molar refractivity (Wildman–Crippen MR) is 535 cm³/mol. The third-order valence-electron chi connectivity index (χ3n) is 32.2. The summed E-state index contributed by atoms with van der Waals surface area (Å²) in [5, 5.41) is 113. The Balaban J connectivity index is 0.000000152. The lowest BCUT2D eigenvalue weighted by atomic mass is 9.70. The molecule has 149 heavy (non-hydrogen) atoms. The summed E-state index contributed by atoms with van der Waals surface area (Å²) in [7, 11) is 23.8. The third-order valence-corrected chi connectivity index (χ3v) is 32.4. The van der Waals surface area contributed by atoms with Gasteiger partial charge in [0.15, 0.2) is 92.3 Å². The molecule has 6 bridgehead atoms. The van der Waals surface area contributed by atoms with Gasteiger partial charge in [0.2, 0.25) is 5.82 Å². The highest BCUT2D eigenvalue weighted by molar-refractivity contribution is 6.31. The van der Waals surface area contributed by atoms with Gasteiger partial charge in [-0.1, -0.05) is 23.7 Å². The number of fused-ring (bicyclic) bond motifs is 22. The smallest absolute Gasteiger partial charge is 0.269 e. The number of phenols is 6. The van der Waals surface area contributed by atoms with Gasteiger partial charge in [0.1, 0.15) is 63.9 Å². The fourth-order valence-corrected chi connectivity index (χ4v) is 26.0. The Morgan fingerprint density at radius 2 is 0.664 bits per heavy atom. The van der Waals surface area contributed by atoms with Gasteiger partial charge in [-0.2, -0.15) is 15.8 Å². The molecule has 3 fully saturated rings. The second-order valence-electron chi connectivity index (χ2n) is 38.6. The molecule has 40 heteroatoms. The van der Waals surface area contributed by atoms with E-state index in [4.69, 9.17) is 68.4 Å². The average molecular weight is 2080 g/mol. The number of piperazine rings is 3. The van der Waals surface area contributed by atoms with Crippen molar-refractivity contribution in [2.45, 2.75) is 178 Å². The fourth-order valence-electron chi connectivity index (χ4n) is 25.8. The number of ether oxygens (including phenoxy) is 12. The number of nitrogens with one attached hydrogen (secondary N) is 3. The third kappa shape index (κ3) is 16.4. The monoisotopic (exact) mass is 2070 g/mol. The molecule has 9 aromatic carbocycles. The zero-order valence-corrected chi connectivity index (χ0v) is 87.0. The highest BCUT2D eigenvalue weighted by Gasteiger charge is 2.62. The first-order chi connectivity index (χ1) is 71.2. The van der Waals surface area contributed by atoms with E-state index in [-0.39, 0.29) is 125 Å². The molecule has 0 radical (unpaired) electrons. The fraction of sp³-hybridized carbons (Fsp3) is 0.422. The van der Waals surface area contributed by atoms with Crippen LogP contribution in [0.4, 0.5) is 22.0 Å². The summed E-state index contributed by atoms with van der Waals surface area (Å²) in [6, 6.07) is 14.3. The van der Waals surface area contributed by atoms with E-state index in [9.17, 15) is 82.8 Å². The summed E-state index contributed by atoms with van der Waals surface area (Å²) in [6.07, 6.45) is 2.05. The van der Waals surface area contributed by atoms with E-state index >= 15 is 0 Å². The molecule has 3 saturated heterocycles. The van der Waals surface area contributed by atoms with E-state index in [2.05, 4.69) is 58.7 Å².